The van der Waals surface area contributed by atoms with E-state index in [1.807, 2.05) is 48.7 Å². The molecule has 5 aromatic rings. The highest BCUT2D eigenvalue weighted by atomic mass is 32.1. The highest BCUT2D eigenvalue weighted by molar-refractivity contribution is 7.09. The number of thiophene rings is 1. The van der Waals surface area contributed by atoms with Crippen molar-refractivity contribution in [1.29, 1.82) is 0 Å². The summed E-state index contributed by atoms with van der Waals surface area (Å²) in [6.07, 6.45) is 1.14. The van der Waals surface area contributed by atoms with Crippen LogP contribution in [-0.2, 0) is 6.54 Å². The number of benzene rings is 1. The number of amides is 1. The summed E-state index contributed by atoms with van der Waals surface area (Å²) in [5.74, 6) is 0.0740. The van der Waals surface area contributed by atoms with Crippen molar-refractivity contribution in [2.45, 2.75) is 13.5 Å². The molecule has 0 aliphatic rings. The first kappa shape index (κ1) is 20.5. The lowest BCUT2D eigenvalue weighted by molar-refractivity contribution is 0.102. The smallest absolute Gasteiger partial charge is 0.322 e. The highest BCUT2D eigenvalue weighted by Crippen LogP contribution is 2.20. The zero-order valence-corrected chi connectivity index (χ0v) is 18.2. The van der Waals surface area contributed by atoms with E-state index < -0.39 is 17.2 Å². The largest absolute Gasteiger partial charge is 0.328 e. The number of carbonyl (C=O) groups excluding carboxylic acids is 1. The number of carbonyl (C=O) groups is 1. The Hall–Kier alpha value is -4.38. The van der Waals surface area contributed by atoms with Gasteiger partial charge in [-0.2, -0.15) is 9.61 Å². The Kier molecular flexibility index (Phi) is 5.15. The molecule has 0 aliphatic heterocycles. The molecule has 11 heteroatoms. The maximum Gasteiger partial charge on any atom is 0.328 e. The number of nitrogens with zero attached hydrogens (tertiary/aromatic N) is 5. The summed E-state index contributed by atoms with van der Waals surface area (Å²) in [6.45, 7) is 1.92. The van der Waals surface area contributed by atoms with Crippen LogP contribution in [0, 0.1) is 6.92 Å². The first-order chi connectivity index (χ1) is 16.0. The summed E-state index contributed by atoms with van der Waals surface area (Å²) in [6, 6.07) is 14.4. The predicted octanol–water partition coefficient (Wildman–Crippen LogP) is 2.31. The number of hydrogen-bond donors (Lipinski definition) is 2. The average Bonchev–Trinajstić information content (AvgIpc) is 3.47. The fourth-order valence-corrected chi connectivity index (χ4v) is 4.04. The van der Waals surface area contributed by atoms with Gasteiger partial charge in [0.25, 0.3) is 11.5 Å². The summed E-state index contributed by atoms with van der Waals surface area (Å²) >= 11 is 1.43. The molecule has 5 rings (SSSR count). The van der Waals surface area contributed by atoms with Gasteiger partial charge in [-0.25, -0.2) is 4.79 Å². The molecule has 0 saturated heterocycles. The van der Waals surface area contributed by atoms with Crippen LogP contribution >= 0.6 is 11.3 Å². The van der Waals surface area contributed by atoms with Crippen LogP contribution in [0.25, 0.3) is 16.9 Å². The van der Waals surface area contributed by atoms with Crippen LogP contribution in [0.1, 0.15) is 21.1 Å². The van der Waals surface area contributed by atoms with Crippen molar-refractivity contribution in [3.8, 4) is 11.3 Å². The van der Waals surface area contributed by atoms with Crippen molar-refractivity contribution < 1.29 is 4.79 Å². The van der Waals surface area contributed by atoms with Crippen molar-refractivity contribution in [1.82, 2.24) is 29.4 Å². The summed E-state index contributed by atoms with van der Waals surface area (Å²) in [5, 5.41) is 17.1. The molecule has 4 heterocycles. The summed E-state index contributed by atoms with van der Waals surface area (Å²) in [7, 11) is 0. The van der Waals surface area contributed by atoms with E-state index in [0.29, 0.717) is 17.2 Å². The van der Waals surface area contributed by atoms with Gasteiger partial charge in [0, 0.05) is 22.3 Å². The molecule has 0 bridgehead atoms. The van der Waals surface area contributed by atoms with E-state index in [-0.39, 0.29) is 12.1 Å². The molecule has 2 N–H and O–H groups in total. The van der Waals surface area contributed by atoms with E-state index in [4.69, 9.17) is 0 Å². The zero-order valence-electron chi connectivity index (χ0n) is 17.3. The molecule has 0 spiro atoms. The topological polar surface area (TPSA) is 127 Å². The van der Waals surface area contributed by atoms with Crippen molar-refractivity contribution in [3.05, 3.63) is 97.2 Å². The Morgan fingerprint density at radius 1 is 1.09 bits per heavy atom. The minimum absolute atomic E-state index is 0.102. The number of aryl methyl sites for hydroxylation is 1. The first-order valence-electron chi connectivity index (χ1n) is 9.95. The van der Waals surface area contributed by atoms with Crippen LogP contribution in [-0.4, -0.2) is 35.3 Å². The Morgan fingerprint density at radius 3 is 2.67 bits per heavy atom. The zero-order chi connectivity index (χ0) is 22.9. The van der Waals surface area contributed by atoms with Gasteiger partial charge in [0.1, 0.15) is 5.56 Å². The lowest BCUT2D eigenvalue weighted by Crippen LogP contribution is -2.39. The molecule has 0 aliphatic carbocycles. The second-order valence-corrected chi connectivity index (χ2v) is 8.28. The van der Waals surface area contributed by atoms with Gasteiger partial charge >= 0.3 is 5.69 Å². The van der Waals surface area contributed by atoms with E-state index in [0.717, 1.165) is 26.9 Å². The molecule has 33 heavy (non-hydrogen) atoms. The first-order valence-corrected chi connectivity index (χ1v) is 10.8. The van der Waals surface area contributed by atoms with Gasteiger partial charge in [-0.05, 0) is 42.6 Å². The minimum atomic E-state index is -0.650. The number of nitrogens with one attached hydrogen (secondary N) is 2. The molecule has 164 valence electrons. The van der Waals surface area contributed by atoms with Gasteiger partial charge < -0.3 is 10.3 Å². The molecule has 1 amide bonds. The van der Waals surface area contributed by atoms with E-state index in [2.05, 4.69) is 25.6 Å². The maximum absolute atomic E-state index is 12.8. The standard InChI is InChI=1S/C22H17N7O3S/c1-13-25-26-19-9-8-18(27-29(13)19)14-4-6-15(7-5-14)24-20(30)17-11-23-22(32)28(21(17)31)12-16-3-2-10-33-16/h2-11H,12H2,1H3,(H,23,32)(H,24,30). The van der Waals surface area contributed by atoms with Crippen LogP contribution in [0.3, 0.4) is 0 Å². The van der Waals surface area contributed by atoms with Crippen molar-refractivity contribution >= 4 is 28.6 Å². The quantitative estimate of drug-likeness (QED) is 0.415. The number of fused-ring (bicyclic) bond motifs is 1. The van der Waals surface area contributed by atoms with Crippen molar-refractivity contribution in [3.63, 3.8) is 0 Å². The summed E-state index contributed by atoms with van der Waals surface area (Å²) < 4.78 is 2.67. The van der Waals surface area contributed by atoms with Crippen LogP contribution in [0.4, 0.5) is 5.69 Å². The van der Waals surface area contributed by atoms with Crippen LogP contribution in [0.2, 0.25) is 0 Å². The number of hydrogen-bond acceptors (Lipinski definition) is 7. The number of anilines is 1. The molecule has 1 aromatic carbocycles. The molecule has 0 fully saturated rings. The molecular weight excluding hydrogens is 442 g/mol. The van der Waals surface area contributed by atoms with Crippen molar-refractivity contribution in [2.75, 3.05) is 5.32 Å². The van der Waals surface area contributed by atoms with Crippen LogP contribution in [0.15, 0.2) is 69.7 Å². The van der Waals surface area contributed by atoms with Gasteiger partial charge in [-0.15, -0.1) is 21.5 Å². The van der Waals surface area contributed by atoms with E-state index in [9.17, 15) is 14.4 Å². The fourth-order valence-electron chi connectivity index (χ4n) is 3.35. The molecule has 4 aromatic heterocycles. The molecular formula is C22H17N7O3S. The van der Waals surface area contributed by atoms with Crippen LogP contribution in [0.5, 0.6) is 0 Å². The van der Waals surface area contributed by atoms with Gasteiger partial charge in [-0.3, -0.25) is 14.2 Å². The second-order valence-electron chi connectivity index (χ2n) is 7.25. The van der Waals surface area contributed by atoms with Crippen molar-refractivity contribution in [2.24, 2.45) is 0 Å². The van der Waals surface area contributed by atoms with Gasteiger partial charge in [0.15, 0.2) is 11.5 Å². The van der Waals surface area contributed by atoms with E-state index >= 15 is 0 Å². The Morgan fingerprint density at radius 2 is 1.91 bits per heavy atom. The Balaban J connectivity index is 1.37. The molecule has 0 saturated carbocycles. The maximum atomic E-state index is 12.8. The molecule has 10 nitrogen and oxygen atoms in total. The monoisotopic (exact) mass is 459 g/mol. The van der Waals surface area contributed by atoms with Gasteiger partial charge in [0.05, 0.1) is 12.2 Å². The number of aromatic nitrogens is 6. The third-order valence-corrected chi connectivity index (χ3v) is 5.92. The van der Waals surface area contributed by atoms with Gasteiger partial charge in [-0.1, -0.05) is 18.2 Å². The molecule has 0 unspecified atom stereocenters. The normalized spacial score (nSPS) is 11.1. The second kappa shape index (κ2) is 8.28. The number of aromatic amines is 1. The van der Waals surface area contributed by atoms with Gasteiger partial charge in [0.2, 0.25) is 0 Å². The summed E-state index contributed by atoms with van der Waals surface area (Å²) in [4.78, 5) is 40.9. The van der Waals surface area contributed by atoms with E-state index in [1.54, 1.807) is 16.6 Å². The fraction of sp³-hybridized carbons (Fsp3) is 0.0909. The lowest BCUT2D eigenvalue weighted by atomic mass is 10.1. The van der Waals surface area contributed by atoms with E-state index in [1.165, 1.54) is 11.3 Å². The number of rotatable bonds is 5. The highest BCUT2D eigenvalue weighted by Gasteiger charge is 2.16. The summed E-state index contributed by atoms with van der Waals surface area (Å²) in [5.41, 5.74) is 1.35. The Bertz CT molecular complexity index is 1580. The predicted molar refractivity (Wildman–Crippen MR) is 124 cm³/mol. The lowest BCUT2D eigenvalue weighted by Gasteiger charge is -2.08. The minimum Gasteiger partial charge on any atom is -0.322 e. The number of H-pyrrole nitrogens is 1. The average molecular weight is 459 g/mol. The van der Waals surface area contributed by atoms with Crippen LogP contribution < -0.4 is 16.6 Å². The third kappa shape index (κ3) is 3.96. The molecule has 0 radical (unpaired) electrons. The molecule has 0 atom stereocenters. The Labute approximate surface area is 190 Å². The third-order valence-electron chi connectivity index (χ3n) is 5.06. The SMILES string of the molecule is Cc1nnc2ccc(-c3ccc(NC(=O)c4c[nH]c(=O)n(Cc5cccs5)c4=O)cc3)nn12.